The molecule has 2 aliphatic rings. The van der Waals surface area contributed by atoms with Gasteiger partial charge in [0.05, 0.1) is 13.2 Å². The third-order valence-electron chi connectivity index (χ3n) is 4.38. The zero-order chi connectivity index (χ0) is 23.2. The second kappa shape index (κ2) is 16.4. The second-order valence-electron chi connectivity index (χ2n) is 6.41. The predicted molar refractivity (Wildman–Crippen MR) is 118 cm³/mol. The third kappa shape index (κ3) is 9.74. The number of rotatable bonds is 4. The van der Waals surface area contributed by atoms with Crippen molar-refractivity contribution >= 4 is 58.3 Å². The minimum absolute atomic E-state index is 0. The Morgan fingerprint density at radius 3 is 1.19 bits per heavy atom. The van der Waals surface area contributed by atoms with Gasteiger partial charge in [-0.05, 0) is 0 Å². The van der Waals surface area contributed by atoms with Crippen LogP contribution in [0.25, 0.3) is 0 Å². The quantitative estimate of drug-likeness (QED) is 0.104. The van der Waals surface area contributed by atoms with Crippen molar-refractivity contribution in [3.05, 3.63) is 0 Å². The minimum Gasteiger partial charge on any atom is -2.00 e. The molecule has 0 spiro atoms. The van der Waals surface area contributed by atoms with E-state index in [0.29, 0.717) is 0 Å². The molecule has 0 aromatic carbocycles. The van der Waals surface area contributed by atoms with E-state index in [1.807, 2.05) is 0 Å². The van der Waals surface area contributed by atoms with Crippen molar-refractivity contribution in [2.75, 3.05) is 13.2 Å². The van der Waals surface area contributed by atoms with Gasteiger partial charge in [0.2, 0.25) is 0 Å². The van der Waals surface area contributed by atoms with E-state index in [4.69, 9.17) is 19.7 Å². The van der Waals surface area contributed by atoms with Crippen LogP contribution in [0.2, 0.25) is 0 Å². The number of thiol groups is 2. The molecular weight excluding hydrogens is 599 g/mol. The molecule has 32 heavy (non-hydrogen) atoms. The average molecular weight is 626 g/mol. The van der Waals surface area contributed by atoms with E-state index in [9.17, 15) is 30.6 Å². The van der Waals surface area contributed by atoms with Crippen molar-refractivity contribution in [3.63, 3.8) is 0 Å². The number of aliphatic hydroxyl groups excluding tert-OH is 8. The fraction of sp³-hybridized carbons (Fsp3) is 0.857. The minimum atomic E-state index is -1.37. The van der Waals surface area contributed by atoms with Crippen LogP contribution in [0.5, 0.6) is 0 Å². The molecule has 0 radical (unpaired) electrons. The molecule has 10 N–H and O–H groups in total. The summed E-state index contributed by atoms with van der Waals surface area (Å²) in [5, 5.41) is 79.6. The zero-order valence-electron chi connectivity index (χ0n) is 16.1. The van der Waals surface area contributed by atoms with Crippen LogP contribution in [0.1, 0.15) is 0 Å². The largest absolute Gasteiger partial charge is 5.00 e. The monoisotopic (exact) mass is 625 g/mol. The van der Waals surface area contributed by atoms with Gasteiger partial charge in [-0.3, -0.25) is 0 Å². The van der Waals surface area contributed by atoms with Crippen molar-refractivity contribution in [2.45, 2.75) is 61.3 Å². The van der Waals surface area contributed by atoms with E-state index in [0.717, 1.165) is 0 Å². The zero-order valence-corrected chi connectivity index (χ0v) is 21.4. The number of thiocarbonyl (C=S) groups is 2. The molecule has 2 aliphatic heterocycles. The Morgan fingerprint density at radius 1 is 0.688 bits per heavy atom. The molecule has 0 aromatic rings. The van der Waals surface area contributed by atoms with Crippen LogP contribution in [-0.4, -0.2) is 124 Å². The van der Waals surface area contributed by atoms with Gasteiger partial charge in [-0.15, -0.1) is 25.3 Å². The van der Waals surface area contributed by atoms with Crippen LogP contribution in [-0.2, 0) is 35.1 Å². The van der Waals surface area contributed by atoms with E-state index in [-0.39, 0.29) is 34.2 Å². The van der Waals surface area contributed by atoms with Gasteiger partial charge in [-0.2, -0.15) is 0 Å². The fourth-order valence-corrected chi connectivity index (χ4v) is 3.36. The molecule has 0 unspecified atom stereocenters. The maximum atomic E-state index is 9.60. The Kier molecular flexibility index (Phi) is 17.8. The molecule has 2 fully saturated rings. The summed E-state index contributed by atoms with van der Waals surface area (Å²) >= 11 is 16.8. The van der Waals surface area contributed by atoms with Gasteiger partial charge >= 0.3 is 20.1 Å². The van der Waals surface area contributed by atoms with Crippen molar-refractivity contribution in [1.82, 2.24) is 10.6 Å². The summed E-state index contributed by atoms with van der Waals surface area (Å²) in [5.41, 5.74) is 0. The Balaban J connectivity index is 0. The van der Waals surface area contributed by atoms with Crippen LogP contribution in [0.3, 0.4) is 0 Å². The summed E-state index contributed by atoms with van der Waals surface area (Å²) in [7, 11) is 0. The first-order chi connectivity index (χ1) is 13.9. The Bertz CT molecular complexity index is 539. The fourth-order valence-electron chi connectivity index (χ4n) is 2.79. The molecule has 18 heteroatoms. The molecule has 2 heterocycles. The third-order valence-corrected chi connectivity index (χ3v) is 4.87. The smallest absolute Gasteiger partial charge is 2.00 e. The molecule has 2 rings (SSSR count). The number of hydrogen-bond acceptors (Lipinski definition) is 12. The summed E-state index contributed by atoms with van der Waals surface area (Å²) in [6, 6.07) is -1.93. The molecule has 0 saturated carbocycles. The summed E-state index contributed by atoms with van der Waals surface area (Å²) in [6.45, 7) is -0.985. The van der Waals surface area contributed by atoms with E-state index < -0.39 is 74.5 Å². The number of hydrogen-bond donors (Lipinski definition) is 12. The molecule has 0 aromatic heterocycles. The van der Waals surface area contributed by atoms with Gasteiger partial charge in [0.1, 0.15) is 57.3 Å². The molecule has 0 aliphatic carbocycles. The molecule has 10 atom stereocenters. The predicted octanol–water partition coefficient (Wildman–Crippen LogP) is -4.94. The topological polar surface area (TPSA) is 233 Å². The van der Waals surface area contributed by atoms with Crippen molar-refractivity contribution in [1.29, 1.82) is 0 Å². The Morgan fingerprint density at radius 2 is 0.969 bits per heavy atom. The average Bonchev–Trinajstić information content (AvgIpc) is 2.68. The van der Waals surface area contributed by atoms with Gasteiger partial charge in [0, 0.05) is 0 Å². The standard InChI is InChI=1S/2C7H13NO5S2.O.Tc/c2*9-1-2-4(10)5(11)3(6(12)13-2)8-7(14)15;;/h2*2-6,9-12H,1H2,(H2,8,14,15);;/q;;-2;+5/t2*2-,3-,4-,5-,6-;;/m11../s1/i;;;1+1. The van der Waals surface area contributed by atoms with E-state index in [1.54, 1.807) is 0 Å². The maximum absolute atomic E-state index is 9.60. The van der Waals surface area contributed by atoms with Crippen molar-refractivity contribution < 1.29 is 75.9 Å². The molecule has 13 nitrogen and oxygen atoms in total. The van der Waals surface area contributed by atoms with E-state index >= 15 is 0 Å². The normalized spacial score (nSPS) is 38.7. The summed E-state index contributed by atoms with van der Waals surface area (Å²) in [6.07, 6.45) is -9.94. The van der Waals surface area contributed by atoms with Crippen molar-refractivity contribution in [2.24, 2.45) is 0 Å². The van der Waals surface area contributed by atoms with Crippen LogP contribution in [0.4, 0.5) is 0 Å². The second-order valence-corrected chi connectivity index (χ2v) is 8.72. The first kappa shape index (κ1) is 34.9. The SMILES string of the molecule is OC[C@H]1O[C@@H](O)[C@H](NC(=S)S)[C@@H](O)[C@@H]1O.OC[C@H]1O[C@@H](O)[C@H](NC(=S)S)[C@@H](O)[C@@H]1O.[99Tc+5].[O-2]. The molecule has 2 saturated heterocycles. The Hall–Kier alpha value is 0.689. The van der Waals surface area contributed by atoms with Gasteiger partial charge in [0.15, 0.2) is 12.6 Å². The van der Waals surface area contributed by atoms with Gasteiger partial charge in [0.25, 0.3) is 0 Å². The summed E-state index contributed by atoms with van der Waals surface area (Å²) < 4.78 is 9.87. The maximum Gasteiger partial charge on any atom is 5.00 e. The number of ether oxygens (including phenoxy) is 2. The summed E-state index contributed by atoms with van der Waals surface area (Å²) in [4.78, 5) is 0. The van der Waals surface area contributed by atoms with Crippen molar-refractivity contribution in [3.8, 4) is 0 Å². The first-order valence-electron chi connectivity index (χ1n) is 8.54. The van der Waals surface area contributed by atoms with Gasteiger partial charge in [-0.1, -0.05) is 24.4 Å². The first-order valence-corrected chi connectivity index (χ1v) is 10.3. The van der Waals surface area contributed by atoms with Crippen LogP contribution in [0.15, 0.2) is 0 Å². The molecular formula is C14H26N2O11S4Tc+3. The van der Waals surface area contributed by atoms with Crippen LogP contribution in [0, 0.1) is 0 Å². The number of aliphatic hydroxyl groups is 8. The molecule has 0 bridgehead atoms. The van der Waals surface area contributed by atoms with Gasteiger partial charge < -0.3 is 66.4 Å². The Labute approximate surface area is 218 Å². The number of nitrogens with one attached hydrogen (secondary N) is 2. The van der Waals surface area contributed by atoms with Crippen LogP contribution >= 0.6 is 49.7 Å². The molecule has 186 valence electrons. The summed E-state index contributed by atoms with van der Waals surface area (Å²) in [5.74, 6) is 0. The van der Waals surface area contributed by atoms with E-state index in [1.165, 1.54) is 0 Å². The molecule has 0 amide bonds. The van der Waals surface area contributed by atoms with E-state index in [2.05, 4.69) is 60.3 Å². The van der Waals surface area contributed by atoms with Gasteiger partial charge in [-0.25, -0.2) is 0 Å². The van der Waals surface area contributed by atoms with Crippen LogP contribution < -0.4 is 10.6 Å².